The number of hydrogen-bond donors (Lipinski definition) is 2. The molecule has 5 fully saturated rings. The van der Waals surface area contributed by atoms with Crippen molar-refractivity contribution in [1.29, 1.82) is 0 Å². The van der Waals surface area contributed by atoms with E-state index in [1.165, 1.54) is 32.5 Å². The van der Waals surface area contributed by atoms with Gasteiger partial charge in [-0.1, -0.05) is 0 Å². The van der Waals surface area contributed by atoms with Gasteiger partial charge in [-0.3, -0.25) is 4.79 Å². The highest BCUT2D eigenvalue weighted by Crippen LogP contribution is 2.49. The molecule has 2 aliphatic carbocycles. The van der Waals surface area contributed by atoms with E-state index in [4.69, 9.17) is 0 Å². The number of urea groups is 1. The lowest BCUT2D eigenvalue weighted by atomic mass is 9.60. The van der Waals surface area contributed by atoms with Crippen LogP contribution in [0.1, 0.15) is 38.5 Å². The van der Waals surface area contributed by atoms with Crippen LogP contribution in [0.3, 0.4) is 0 Å². The van der Waals surface area contributed by atoms with E-state index in [1.807, 2.05) is 0 Å². The lowest BCUT2D eigenvalue weighted by Crippen LogP contribution is -2.67. The maximum Gasteiger partial charge on any atom is 0.318 e. The first-order valence-corrected chi connectivity index (χ1v) is 9.20. The Hall–Kier alpha value is -1.30. The van der Waals surface area contributed by atoms with Crippen molar-refractivity contribution in [3.8, 4) is 0 Å². The van der Waals surface area contributed by atoms with Crippen LogP contribution in [0.2, 0.25) is 0 Å². The average molecular weight is 318 g/mol. The minimum absolute atomic E-state index is 0.0626. The molecule has 2 bridgehead atoms. The third-order valence-electron chi connectivity index (χ3n) is 6.51. The third kappa shape index (κ3) is 2.42. The molecule has 3 aliphatic heterocycles. The zero-order valence-corrected chi connectivity index (χ0v) is 13.6. The number of carbonyl (C=O) groups is 2. The highest BCUT2D eigenvalue weighted by Gasteiger charge is 2.53. The van der Waals surface area contributed by atoms with Crippen LogP contribution in [0.5, 0.6) is 0 Å². The van der Waals surface area contributed by atoms with E-state index >= 15 is 0 Å². The molecule has 2 atom stereocenters. The van der Waals surface area contributed by atoms with Gasteiger partial charge >= 0.3 is 6.03 Å². The van der Waals surface area contributed by atoms with E-state index in [2.05, 4.69) is 15.5 Å². The minimum Gasteiger partial charge on any atom is -0.352 e. The van der Waals surface area contributed by atoms with Gasteiger partial charge in [0.2, 0.25) is 5.91 Å². The molecule has 0 radical (unpaired) electrons. The molecular weight excluding hydrogens is 292 g/mol. The fraction of sp³-hybridized carbons (Fsp3) is 0.882. The first-order chi connectivity index (χ1) is 11.1. The van der Waals surface area contributed by atoms with Crippen molar-refractivity contribution in [2.75, 3.05) is 26.2 Å². The second kappa shape index (κ2) is 4.85. The lowest BCUT2D eigenvalue weighted by molar-refractivity contribution is -0.132. The van der Waals surface area contributed by atoms with Gasteiger partial charge in [0.15, 0.2) is 0 Å². The summed E-state index contributed by atoms with van der Waals surface area (Å²) < 4.78 is 0. The summed E-state index contributed by atoms with van der Waals surface area (Å²) >= 11 is 0. The van der Waals surface area contributed by atoms with Crippen molar-refractivity contribution in [2.24, 2.45) is 11.3 Å². The van der Waals surface area contributed by atoms with Gasteiger partial charge in [0.25, 0.3) is 0 Å². The Balaban J connectivity index is 1.10. The molecule has 2 saturated carbocycles. The first kappa shape index (κ1) is 14.1. The molecule has 3 heterocycles. The average Bonchev–Trinajstić information content (AvgIpc) is 3.21. The number of amides is 3. The summed E-state index contributed by atoms with van der Waals surface area (Å²) in [6, 6.07) is 0.269. The van der Waals surface area contributed by atoms with Gasteiger partial charge in [0.05, 0.1) is 0 Å². The van der Waals surface area contributed by atoms with Crippen molar-refractivity contribution in [3.63, 3.8) is 0 Å². The lowest BCUT2D eigenvalue weighted by Gasteiger charge is -2.59. The van der Waals surface area contributed by atoms with Crippen molar-refractivity contribution < 1.29 is 9.59 Å². The van der Waals surface area contributed by atoms with E-state index < -0.39 is 0 Å². The Morgan fingerprint density at radius 1 is 1.22 bits per heavy atom. The third-order valence-corrected chi connectivity index (χ3v) is 6.51. The molecule has 0 aromatic heterocycles. The van der Waals surface area contributed by atoms with Crippen LogP contribution < -0.4 is 10.6 Å². The fourth-order valence-electron chi connectivity index (χ4n) is 5.18. The highest BCUT2D eigenvalue weighted by molar-refractivity contribution is 5.89. The Bertz CT molecular complexity index is 533. The van der Waals surface area contributed by atoms with Gasteiger partial charge in [-0.25, -0.2) is 4.79 Å². The van der Waals surface area contributed by atoms with E-state index in [-0.39, 0.29) is 24.0 Å². The van der Waals surface area contributed by atoms with Crippen molar-refractivity contribution in [3.05, 3.63) is 0 Å². The molecular formula is C17H26N4O2. The van der Waals surface area contributed by atoms with Crippen LogP contribution in [0.4, 0.5) is 4.79 Å². The monoisotopic (exact) mass is 318 g/mol. The fourth-order valence-corrected chi connectivity index (χ4v) is 5.18. The zero-order valence-electron chi connectivity index (χ0n) is 13.6. The molecule has 5 aliphatic rings. The van der Waals surface area contributed by atoms with Crippen molar-refractivity contribution in [2.45, 2.75) is 56.7 Å². The SMILES string of the molecule is O=C(NC1CC2(C1)CN(CC1CC1)C2)C1CC[C@@H]2CN1C(=O)N2. The summed E-state index contributed by atoms with van der Waals surface area (Å²) in [6.07, 6.45) is 6.82. The molecule has 3 amide bonds. The first-order valence-electron chi connectivity index (χ1n) is 9.20. The van der Waals surface area contributed by atoms with Crippen molar-refractivity contribution in [1.82, 2.24) is 20.4 Å². The molecule has 6 heteroatoms. The van der Waals surface area contributed by atoms with Crippen LogP contribution in [0, 0.1) is 11.3 Å². The summed E-state index contributed by atoms with van der Waals surface area (Å²) in [4.78, 5) is 28.7. The summed E-state index contributed by atoms with van der Waals surface area (Å²) in [5, 5.41) is 6.14. The molecule has 5 rings (SSSR count). The maximum absolute atomic E-state index is 12.5. The maximum atomic E-state index is 12.5. The number of nitrogens with one attached hydrogen (secondary N) is 2. The topological polar surface area (TPSA) is 64.7 Å². The molecule has 6 nitrogen and oxygen atoms in total. The highest BCUT2D eigenvalue weighted by atomic mass is 16.2. The summed E-state index contributed by atoms with van der Waals surface area (Å²) in [6.45, 7) is 4.46. The molecule has 1 unspecified atom stereocenters. The van der Waals surface area contributed by atoms with Crippen LogP contribution in [-0.2, 0) is 4.79 Å². The Kier molecular flexibility index (Phi) is 2.97. The quantitative estimate of drug-likeness (QED) is 0.795. The number of hydrogen-bond acceptors (Lipinski definition) is 3. The van der Waals surface area contributed by atoms with E-state index in [0.29, 0.717) is 18.0 Å². The number of nitrogens with zero attached hydrogens (tertiary/aromatic N) is 2. The zero-order chi connectivity index (χ0) is 15.6. The molecule has 126 valence electrons. The summed E-state index contributed by atoms with van der Waals surface area (Å²) in [7, 11) is 0. The smallest absolute Gasteiger partial charge is 0.318 e. The van der Waals surface area contributed by atoms with Crippen LogP contribution in [0.15, 0.2) is 0 Å². The predicted molar refractivity (Wildman–Crippen MR) is 84.8 cm³/mol. The number of likely N-dealkylation sites (tertiary alicyclic amines) is 1. The molecule has 23 heavy (non-hydrogen) atoms. The largest absolute Gasteiger partial charge is 0.352 e. The van der Waals surface area contributed by atoms with E-state index in [1.54, 1.807) is 4.90 Å². The summed E-state index contributed by atoms with van der Waals surface area (Å²) in [5.41, 5.74) is 0.496. The standard InChI is InChI=1S/C17H26N4O2/c22-15(14-4-3-12-8-21(14)16(23)19-12)18-13-5-17(6-13)9-20(10-17)7-11-1-2-11/h11-14H,1-10H2,(H,18,22)(H,19,23)/t12-,14?/m1/s1. The van der Waals surface area contributed by atoms with E-state index in [0.717, 1.165) is 31.6 Å². The van der Waals surface area contributed by atoms with Gasteiger partial charge in [-0.15, -0.1) is 0 Å². The Morgan fingerprint density at radius 2 is 2.00 bits per heavy atom. The van der Waals surface area contributed by atoms with Crippen molar-refractivity contribution >= 4 is 11.9 Å². The number of carbonyl (C=O) groups excluding carboxylic acids is 2. The van der Waals surface area contributed by atoms with Gasteiger partial charge in [0.1, 0.15) is 6.04 Å². The van der Waals surface area contributed by atoms with Gasteiger partial charge in [0, 0.05) is 38.3 Å². The van der Waals surface area contributed by atoms with Crippen LogP contribution in [0.25, 0.3) is 0 Å². The molecule has 0 aromatic rings. The number of rotatable bonds is 4. The second-order valence-electron chi connectivity index (χ2n) is 8.62. The van der Waals surface area contributed by atoms with Crippen LogP contribution in [-0.4, -0.2) is 66.0 Å². The number of fused-ring (bicyclic) bond motifs is 2. The summed E-state index contributed by atoms with van der Waals surface area (Å²) in [5.74, 6) is 1.04. The number of piperidine rings is 1. The van der Waals surface area contributed by atoms with Crippen LogP contribution >= 0.6 is 0 Å². The molecule has 3 saturated heterocycles. The van der Waals surface area contributed by atoms with Gasteiger partial charge in [-0.05, 0) is 49.9 Å². The second-order valence-corrected chi connectivity index (χ2v) is 8.62. The predicted octanol–water partition coefficient (Wildman–Crippen LogP) is 0.533. The Morgan fingerprint density at radius 3 is 2.74 bits per heavy atom. The molecule has 1 spiro atoms. The van der Waals surface area contributed by atoms with Gasteiger partial charge in [-0.2, -0.15) is 0 Å². The minimum atomic E-state index is -0.252. The normalized spacial score (nSPS) is 35.7. The molecule has 2 N–H and O–H groups in total. The van der Waals surface area contributed by atoms with Gasteiger partial charge < -0.3 is 20.4 Å². The molecule has 0 aromatic carbocycles. The Labute approximate surface area is 136 Å². The van der Waals surface area contributed by atoms with E-state index in [9.17, 15) is 9.59 Å².